The topological polar surface area (TPSA) is 95.1 Å². The van der Waals surface area contributed by atoms with Gasteiger partial charge in [-0.25, -0.2) is 0 Å². The van der Waals surface area contributed by atoms with Crippen LogP contribution < -0.4 is 25.4 Å². The van der Waals surface area contributed by atoms with Crippen LogP contribution in [0, 0.1) is 0 Å². The number of quaternary nitrogens is 1. The smallest absolute Gasteiger partial charge is 0.256 e. The summed E-state index contributed by atoms with van der Waals surface area (Å²) in [6.07, 6.45) is 0.791. The Balaban J connectivity index is 1.90. The maximum absolute atomic E-state index is 12.7. The number of carbonyl (C=O) groups excluding carboxylic acids is 2. The first-order chi connectivity index (χ1) is 13.0. The summed E-state index contributed by atoms with van der Waals surface area (Å²) in [6.45, 7) is 4.98. The van der Waals surface area contributed by atoms with Gasteiger partial charge in [0.2, 0.25) is 0 Å². The van der Waals surface area contributed by atoms with E-state index in [1.165, 1.54) is 30.5 Å². The van der Waals surface area contributed by atoms with Crippen LogP contribution in [0.25, 0.3) is 0 Å². The van der Waals surface area contributed by atoms with Crippen LogP contribution in [0.15, 0.2) is 18.2 Å². The number of carbonyl (C=O) groups is 2. The van der Waals surface area contributed by atoms with Crippen molar-refractivity contribution in [3.63, 3.8) is 0 Å². The minimum Gasteiger partial charge on any atom is -0.493 e. The number of likely N-dealkylation sites (N-methyl/N-ethyl adjacent to an activating group) is 1. The second-order valence-corrected chi connectivity index (χ2v) is 7.48. The van der Waals surface area contributed by atoms with Gasteiger partial charge >= 0.3 is 0 Å². The Morgan fingerprint density at radius 1 is 1.26 bits per heavy atom. The molecule has 8 heteroatoms. The van der Waals surface area contributed by atoms with Crippen LogP contribution in [0.4, 0.5) is 5.00 Å². The first-order valence-corrected chi connectivity index (χ1v) is 9.61. The maximum atomic E-state index is 12.7. The van der Waals surface area contributed by atoms with Crippen molar-refractivity contribution in [2.45, 2.75) is 19.9 Å². The number of thiophene rings is 1. The van der Waals surface area contributed by atoms with Crippen LogP contribution in [0.1, 0.15) is 38.1 Å². The van der Waals surface area contributed by atoms with Crippen molar-refractivity contribution in [1.29, 1.82) is 0 Å². The number of nitrogens with one attached hydrogen (secondary N) is 2. The summed E-state index contributed by atoms with van der Waals surface area (Å²) in [7, 11) is 3.05. The minimum atomic E-state index is -0.505. The van der Waals surface area contributed by atoms with Gasteiger partial charge in [0.1, 0.15) is 11.5 Å². The van der Waals surface area contributed by atoms with E-state index in [-0.39, 0.29) is 5.91 Å². The van der Waals surface area contributed by atoms with Crippen LogP contribution in [0.3, 0.4) is 0 Å². The Hall–Kier alpha value is -2.58. The Bertz CT molecular complexity index is 878. The van der Waals surface area contributed by atoms with Gasteiger partial charge in [0.15, 0.2) is 11.5 Å². The molecule has 1 aromatic carbocycles. The van der Waals surface area contributed by atoms with Gasteiger partial charge < -0.3 is 25.4 Å². The first-order valence-electron chi connectivity index (χ1n) is 8.79. The van der Waals surface area contributed by atoms with Crippen LogP contribution in [-0.2, 0) is 13.0 Å². The highest BCUT2D eigenvalue weighted by molar-refractivity contribution is 7.17. The summed E-state index contributed by atoms with van der Waals surface area (Å²) in [6, 6.07) is 4.93. The number of rotatable bonds is 6. The molecule has 1 aliphatic heterocycles. The number of primary amides is 1. The van der Waals surface area contributed by atoms with Crippen LogP contribution in [0.2, 0.25) is 0 Å². The monoisotopic (exact) mass is 390 g/mol. The number of hydrogen-bond acceptors (Lipinski definition) is 5. The molecule has 7 nitrogen and oxygen atoms in total. The zero-order chi connectivity index (χ0) is 19.6. The molecule has 144 valence electrons. The van der Waals surface area contributed by atoms with Crippen LogP contribution in [0.5, 0.6) is 11.5 Å². The van der Waals surface area contributed by atoms with Gasteiger partial charge in [0.25, 0.3) is 11.8 Å². The molecule has 1 aromatic heterocycles. The Kier molecular flexibility index (Phi) is 5.67. The molecule has 2 heterocycles. The Morgan fingerprint density at radius 3 is 2.63 bits per heavy atom. The lowest BCUT2D eigenvalue weighted by atomic mass is 10.0. The first kappa shape index (κ1) is 19.2. The normalized spacial score (nSPS) is 15.7. The molecule has 1 unspecified atom stereocenters. The Labute approximate surface area is 162 Å². The predicted molar refractivity (Wildman–Crippen MR) is 104 cm³/mol. The highest BCUT2D eigenvalue weighted by Gasteiger charge is 2.29. The number of amides is 2. The van der Waals surface area contributed by atoms with Crippen molar-refractivity contribution in [2.24, 2.45) is 5.73 Å². The van der Waals surface area contributed by atoms with Crippen molar-refractivity contribution >= 4 is 28.2 Å². The molecule has 2 aromatic rings. The number of fused-ring (bicyclic) bond motifs is 1. The molecule has 0 fully saturated rings. The highest BCUT2D eigenvalue weighted by atomic mass is 32.1. The molecule has 4 N–H and O–H groups in total. The predicted octanol–water partition coefficient (Wildman–Crippen LogP) is 1.08. The molecule has 0 spiro atoms. The van der Waals surface area contributed by atoms with E-state index in [1.807, 2.05) is 0 Å². The van der Waals surface area contributed by atoms with E-state index >= 15 is 0 Å². The SMILES string of the molecule is CC[NH+]1CCc2c(sc(NC(=O)c3ccc(OC)c(OC)c3)c2C(N)=O)C1. The van der Waals surface area contributed by atoms with E-state index in [0.29, 0.717) is 27.6 Å². The largest absolute Gasteiger partial charge is 0.493 e. The second kappa shape index (κ2) is 7.98. The highest BCUT2D eigenvalue weighted by Crippen LogP contribution is 2.35. The van der Waals surface area contributed by atoms with Crippen molar-refractivity contribution in [3.05, 3.63) is 39.8 Å². The van der Waals surface area contributed by atoms with E-state index in [1.54, 1.807) is 18.2 Å². The molecular weight excluding hydrogens is 366 g/mol. The molecule has 0 saturated carbocycles. The van der Waals surface area contributed by atoms with Crippen molar-refractivity contribution in [3.8, 4) is 11.5 Å². The van der Waals surface area contributed by atoms with Crippen LogP contribution in [-0.4, -0.2) is 39.1 Å². The average Bonchev–Trinajstić information content (AvgIpc) is 3.04. The fraction of sp³-hybridized carbons (Fsp3) is 0.368. The molecule has 0 saturated heterocycles. The van der Waals surface area contributed by atoms with E-state index in [9.17, 15) is 9.59 Å². The lowest BCUT2D eigenvalue weighted by Gasteiger charge is -2.22. The summed E-state index contributed by atoms with van der Waals surface area (Å²) in [5.41, 5.74) is 7.46. The lowest BCUT2D eigenvalue weighted by Crippen LogP contribution is -3.11. The maximum Gasteiger partial charge on any atom is 0.256 e. The lowest BCUT2D eigenvalue weighted by molar-refractivity contribution is -0.913. The van der Waals surface area contributed by atoms with E-state index in [4.69, 9.17) is 15.2 Å². The molecule has 0 radical (unpaired) electrons. The van der Waals surface area contributed by atoms with Crippen LogP contribution >= 0.6 is 11.3 Å². The number of methoxy groups -OCH3 is 2. The van der Waals surface area contributed by atoms with Gasteiger partial charge in [0.05, 0.1) is 37.7 Å². The summed E-state index contributed by atoms with van der Waals surface area (Å²) in [4.78, 5) is 27.3. The number of anilines is 1. The van der Waals surface area contributed by atoms with Gasteiger partial charge in [0, 0.05) is 12.0 Å². The molecule has 2 amide bonds. The molecule has 0 bridgehead atoms. The minimum absolute atomic E-state index is 0.322. The molecule has 0 aliphatic carbocycles. The van der Waals surface area contributed by atoms with E-state index in [2.05, 4.69) is 12.2 Å². The van der Waals surface area contributed by atoms with Crippen molar-refractivity contribution in [2.75, 3.05) is 32.6 Å². The standard InChI is InChI=1S/C19H23N3O4S/c1-4-22-8-7-12-15(10-22)27-19(16(12)17(20)23)21-18(24)11-5-6-13(25-2)14(9-11)26-3/h5-6,9H,4,7-8,10H2,1-3H3,(H2,20,23)(H,21,24)/p+1. The third-order valence-electron chi connectivity index (χ3n) is 4.85. The zero-order valence-electron chi connectivity index (χ0n) is 15.7. The number of hydrogen-bond donors (Lipinski definition) is 3. The van der Waals surface area contributed by atoms with Gasteiger partial charge in [-0.2, -0.15) is 0 Å². The van der Waals surface area contributed by atoms with Gasteiger partial charge in [-0.05, 0) is 30.7 Å². The summed E-state index contributed by atoms with van der Waals surface area (Å²) < 4.78 is 10.4. The third-order valence-corrected chi connectivity index (χ3v) is 6.00. The number of ether oxygens (including phenoxy) is 2. The molecule has 1 atom stereocenters. The Morgan fingerprint density at radius 2 is 2.00 bits per heavy atom. The second-order valence-electron chi connectivity index (χ2n) is 6.38. The van der Waals surface area contributed by atoms with Gasteiger partial charge in [-0.15, -0.1) is 11.3 Å². The number of benzene rings is 1. The summed E-state index contributed by atoms with van der Waals surface area (Å²) >= 11 is 1.44. The van der Waals surface area contributed by atoms with Crippen molar-refractivity contribution < 1.29 is 24.0 Å². The molecule has 27 heavy (non-hydrogen) atoms. The fourth-order valence-electron chi connectivity index (χ4n) is 3.34. The van der Waals surface area contributed by atoms with Gasteiger partial charge in [-0.1, -0.05) is 0 Å². The van der Waals surface area contributed by atoms with Gasteiger partial charge in [-0.3, -0.25) is 9.59 Å². The fourth-order valence-corrected chi connectivity index (χ4v) is 4.66. The van der Waals surface area contributed by atoms with E-state index < -0.39 is 5.91 Å². The molecule has 3 rings (SSSR count). The molecular formula is C19H24N3O4S+. The summed E-state index contributed by atoms with van der Waals surface area (Å²) in [5.74, 6) is 0.181. The number of nitrogens with two attached hydrogens (primary N) is 1. The average molecular weight is 390 g/mol. The quantitative estimate of drug-likeness (QED) is 0.688. The van der Waals surface area contributed by atoms with E-state index in [0.717, 1.165) is 36.5 Å². The third kappa shape index (κ3) is 3.77. The molecule has 1 aliphatic rings. The summed E-state index contributed by atoms with van der Waals surface area (Å²) in [5, 5.41) is 3.38. The van der Waals surface area contributed by atoms with Crippen molar-refractivity contribution in [1.82, 2.24) is 0 Å². The zero-order valence-corrected chi connectivity index (χ0v) is 16.5.